The van der Waals surface area contributed by atoms with Gasteiger partial charge in [0, 0.05) is 24.0 Å². The van der Waals surface area contributed by atoms with Crippen molar-refractivity contribution in [2.24, 2.45) is 5.92 Å². The van der Waals surface area contributed by atoms with E-state index >= 15 is 0 Å². The minimum atomic E-state index is -3.43. The van der Waals surface area contributed by atoms with Crippen LogP contribution < -0.4 is 10.0 Å². The molecule has 2 rings (SSSR count). The molecule has 1 aromatic rings. The summed E-state index contributed by atoms with van der Waals surface area (Å²) in [5, 5.41) is 5.04. The zero-order valence-electron chi connectivity index (χ0n) is 12.9. The van der Waals surface area contributed by atoms with Crippen molar-refractivity contribution < 1.29 is 8.42 Å². The lowest BCUT2D eigenvalue weighted by molar-refractivity contribution is 0.188. The van der Waals surface area contributed by atoms with Crippen molar-refractivity contribution in [3.8, 4) is 0 Å². The first-order chi connectivity index (χ1) is 9.94. The van der Waals surface area contributed by atoms with Gasteiger partial charge in [-0.3, -0.25) is 0 Å². The predicted molar refractivity (Wildman–Crippen MR) is 87.1 cm³/mol. The largest absolute Gasteiger partial charge is 0.312 e. The minimum absolute atomic E-state index is 0.0260. The van der Waals surface area contributed by atoms with Gasteiger partial charge in [0.15, 0.2) is 0 Å². The molecule has 2 N–H and O–H groups in total. The third-order valence-electron chi connectivity index (χ3n) is 3.94. The van der Waals surface area contributed by atoms with Crippen LogP contribution in [0, 0.1) is 5.92 Å². The molecule has 0 aliphatic carbocycles. The van der Waals surface area contributed by atoms with Gasteiger partial charge in [-0.05, 0) is 43.9 Å². The number of hydrogen-bond donors (Lipinski definition) is 2. The zero-order chi connectivity index (χ0) is 15.5. The molecular weight excluding hydrogens is 306 g/mol. The van der Waals surface area contributed by atoms with Crippen molar-refractivity contribution in [1.82, 2.24) is 14.9 Å². The monoisotopic (exact) mass is 331 g/mol. The van der Waals surface area contributed by atoms with Crippen molar-refractivity contribution in [3.05, 3.63) is 16.3 Å². The van der Waals surface area contributed by atoms with Gasteiger partial charge in [-0.2, -0.15) is 0 Å². The molecule has 0 bridgehead atoms. The fourth-order valence-electron chi connectivity index (χ4n) is 2.73. The van der Waals surface area contributed by atoms with E-state index in [2.05, 4.69) is 28.9 Å². The van der Waals surface area contributed by atoms with E-state index in [4.69, 9.17) is 0 Å². The van der Waals surface area contributed by atoms with Crippen LogP contribution >= 0.6 is 11.3 Å². The molecule has 0 amide bonds. The topological polar surface area (TPSA) is 61.4 Å². The molecule has 1 aliphatic heterocycles. The van der Waals surface area contributed by atoms with Crippen molar-refractivity contribution >= 4 is 21.4 Å². The molecule has 1 aromatic heterocycles. The van der Waals surface area contributed by atoms with E-state index in [-0.39, 0.29) is 6.04 Å². The predicted octanol–water partition coefficient (Wildman–Crippen LogP) is 1.48. The Labute approximate surface area is 131 Å². The maximum absolute atomic E-state index is 12.6. The molecule has 21 heavy (non-hydrogen) atoms. The highest BCUT2D eigenvalue weighted by Gasteiger charge is 2.29. The van der Waals surface area contributed by atoms with E-state index in [9.17, 15) is 8.42 Å². The molecule has 2 atom stereocenters. The van der Waals surface area contributed by atoms with Crippen LogP contribution in [0.1, 0.15) is 25.1 Å². The highest BCUT2D eigenvalue weighted by molar-refractivity contribution is 7.89. The lowest BCUT2D eigenvalue weighted by Crippen LogP contribution is -2.48. The molecule has 0 radical (unpaired) electrons. The van der Waals surface area contributed by atoms with Gasteiger partial charge in [0.1, 0.15) is 0 Å². The van der Waals surface area contributed by atoms with Crippen LogP contribution in [-0.2, 0) is 16.6 Å². The second-order valence-corrected chi connectivity index (χ2v) is 8.43. The van der Waals surface area contributed by atoms with Gasteiger partial charge in [-0.15, -0.1) is 11.3 Å². The van der Waals surface area contributed by atoms with E-state index in [1.54, 1.807) is 6.07 Å². The number of sulfonamides is 1. The van der Waals surface area contributed by atoms with E-state index in [1.165, 1.54) is 11.3 Å². The summed E-state index contributed by atoms with van der Waals surface area (Å²) in [6.07, 6.45) is 0.865. The quantitative estimate of drug-likeness (QED) is 0.829. The van der Waals surface area contributed by atoms with Crippen LogP contribution in [0.25, 0.3) is 0 Å². The Balaban J connectivity index is 2.10. The number of rotatable bonds is 6. The maximum atomic E-state index is 12.6. The number of nitrogens with one attached hydrogen (secondary N) is 2. The molecule has 0 spiro atoms. The summed E-state index contributed by atoms with van der Waals surface area (Å²) in [7, 11) is -1.35. The third kappa shape index (κ3) is 4.26. The lowest BCUT2D eigenvalue weighted by Gasteiger charge is -2.34. The highest BCUT2D eigenvalue weighted by atomic mass is 32.2. The Bertz CT molecular complexity index is 556. The van der Waals surface area contributed by atoms with Gasteiger partial charge < -0.3 is 10.2 Å². The first-order valence-electron chi connectivity index (χ1n) is 7.42. The smallest absolute Gasteiger partial charge is 0.241 e. The van der Waals surface area contributed by atoms with Crippen LogP contribution in [0.2, 0.25) is 0 Å². The summed E-state index contributed by atoms with van der Waals surface area (Å²) >= 11 is 1.49. The number of hydrogen-bond acceptors (Lipinski definition) is 5. The number of thiophene rings is 1. The first-order valence-corrected chi connectivity index (χ1v) is 9.78. The average Bonchev–Trinajstić information content (AvgIpc) is 2.89. The van der Waals surface area contributed by atoms with Crippen LogP contribution in [-0.4, -0.2) is 46.0 Å². The van der Waals surface area contributed by atoms with Gasteiger partial charge in [0.25, 0.3) is 0 Å². The Morgan fingerprint density at radius 2 is 2.24 bits per heavy atom. The van der Waals surface area contributed by atoms with Crippen molar-refractivity contribution in [1.29, 1.82) is 0 Å². The molecule has 2 heterocycles. The van der Waals surface area contributed by atoms with Crippen LogP contribution in [0.15, 0.2) is 16.3 Å². The summed E-state index contributed by atoms with van der Waals surface area (Å²) in [6.45, 7) is 7.42. The molecule has 5 nitrogen and oxygen atoms in total. The number of nitrogens with zero attached hydrogens (tertiary/aromatic N) is 1. The van der Waals surface area contributed by atoms with Crippen molar-refractivity contribution in [2.45, 2.75) is 37.8 Å². The van der Waals surface area contributed by atoms with Crippen LogP contribution in [0.5, 0.6) is 0 Å². The fraction of sp³-hybridized carbons (Fsp3) is 0.714. The van der Waals surface area contributed by atoms with Gasteiger partial charge in [0.05, 0.1) is 4.90 Å². The summed E-state index contributed by atoms with van der Waals surface area (Å²) < 4.78 is 28.2. The van der Waals surface area contributed by atoms with Gasteiger partial charge >= 0.3 is 0 Å². The van der Waals surface area contributed by atoms with E-state index in [1.807, 2.05) is 12.3 Å². The second-order valence-electron chi connectivity index (χ2n) is 5.74. The molecule has 0 saturated carbocycles. The van der Waals surface area contributed by atoms with Crippen molar-refractivity contribution in [3.63, 3.8) is 0 Å². The summed E-state index contributed by atoms with van der Waals surface area (Å²) in [5.41, 5.74) is 0. The molecule has 7 heteroatoms. The second kappa shape index (κ2) is 7.19. The van der Waals surface area contributed by atoms with Crippen molar-refractivity contribution in [2.75, 3.05) is 26.7 Å². The van der Waals surface area contributed by atoms with E-state index in [0.717, 1.165) is 30.9 Å². The SMILES string of the molecule is CCNCc1sccc1S(=O)(=O)NC1CCN(C)CC1C. The summed E-state index contributed by atoms with van der Waals surface area (Å²) in [6, 6.07) is 1.73. The molecular formula is C14H25N3O2S2. The Hall–Kier alpha value is -0.470. The molecule has 120 valence electrons. The maximum Gasteiger partial charge on any atom is 0.241 e. The zero-order valence-corrected chi connectivity index (χ0v) is 14.6. The minimum Gasteiger partial charge on any atom is -0.312 e. The molecule has 2 unspecified atom stereocenters. The van der Waals surface area contributed by atoms with Crippen LogP contribution in [0.3, 0.4) is 0 Å². The van der Waals surface area contributed by atoms with Gasteiger partial charge in [-0.1, -0.05) is 13.8 Å². The Morgan fingerprint density at radius 1 is 1.48 bits per heavy atom. The summed E-state index contributed by atoms with van der Waals surface area (Å²) in [4.78, 5) is 3.56. The number of likely N-dealkylation sites (tertiary alicyclic amines) is 1. The highest BCUT2D eigenvalue weighted by Crippen LogP contribution is 2.24. The van der Waals surface area contributed by atoms with Gasteiger partial charge in [0.2, 0.25) is 10.0 Å². The molecule has 1 aliphatic rings. The number of piperidine rings is 1. The normalized spacial score (nSPS) is 24.3. The third-order valence-corrected chi connectivity index (χ3v) is 6.57. The Kier molecular flexibility index (Phi) is 5.79. The average molecular weight is 332 g/mol. The first kappa shape index (κ1) is 16.9. The van der Waals surface area contributed by atoms with Crippen LogP contribution in [0.4, 0.5) is 0 Å². The fourth-order valence-corrected chi connectivity index (χ4v) is 5.52. The molecule has 1 saturated heterocycles. The lowest BCUT2D eigenvalue weighted by atomic mass is 9.95. The van der Waals surface area contributed by atoms with E-state index in [0.29, 0.717) is 17.4 Å². The van der Waals surface area contributed by atoms with E-state index < -0.39 is 10.0 Å². The molecule has 0 aromatic carbocycles. The standard InChI is InChI=1S/C14H25N3O2S2/c1-4-15-9-13-14(6-8-20-13)21(18,19)16-12-5-7-17(3)10-11(12)2/h6,8,11-12,15-16H,4-5,7,9-10H2,1-3H3. The Morgan fingerprint density at radius 3 is 2.90 bits per heavy atom. The summed E-state index contributed by atoms with van der Waals surface area (Å²) in [5.74, 6) is 0.328. The van der Waals surface area contributed by atoms with Gasteiger partial charge in [-0.25, -0.2) is 13.1 Å². The molecule has 1 fully saturated rings.